The van der Waals surface area contributed by atoms with Gasteiger partial charge >= 0.3 is 0 Å². The largest absolute Gasteiger partial charge is 0.388 e. The Morgan fingerprint density at radius 3 is 2.40 bits per heavy atom. The number of aliphatic hydroxyl groups is 1. The van der Waals surface area contributed by atoms with E-state index in [1.54, 1.807) is 6.33 Å². The number of hydrogen-bond donors (Lipinski definition) is 1. The third-order valence-corrected chi connectivity index (χ3v) is 10.0. The van der Waals surface area contributed by atoms with E-state index in [0.29, 0.717) is 36.8 Å². The summed E-state index contributed by atoms with van der Waals surface area (Å²) in [7, 11) is 0. The number of benzene rings is 2. The summed E-state index contributed by atoms with van der Waals surface area (Å²) in [4.78, 5) is 34.7. The molecule has 1 amide bonds. The summed E-state index contributed by atoms with van der Waals surface area (Å²) < 4.78 is 1.54. The van der Waals surface area contributed by atoms with E-state index in [1.165, 1.54) is 21.5 Å². The Bertz CT molecular complexity index is 1550. The maximum Gasteiger partial charge on any atom is 0.262 e. The SMILES string of the molecule is CC1(C)CC[C@H](C(=O)N2CCC(O)(Cn3cnc4c(-c5ccccc5)scc4c3=O)CC2)[C@@H](c2ccccc2)C1. The molecule has 0 spiro atoms. The number of carbonyl (C=O) groups is 1. The van der Waals surface area contributed by atoms with Crippen molar-refractivity contribution in [2.24, 2.45) is 11.3 Å². The summed E-state index contributed by atoms with van der Waals surface area (Å²) in [6.45, 7) is 5.78. The number of fused-ring (bicyclic) bond motifs is 1. The molecule has 2 fully saturated rings. The number of hydrogen-bond acceptors (Lipinski definition) is 5. The standard InChI is InChI=1S/C33H37N3O3S/c1-32(2)14-13-25(26(19-32)23-9-5-3-6-10-23)30(37)35-17-15-33(39,16-18-35)21-36-22-34-28-27(31(36)38)20-40-29(28)24-11-7-4-8-12-24/h3-12,20,22,25-26,39H,13-19,21H2,1-2H3/t25-,26+/m0/s1. The van der Waals surface area contributed by atoms with Crippen molar-refractivity contribution in [1.82, 2.24) is 14.5 Å². The molecule has 6 nitrogen and oxygen atoms in total. The molecule has 0 unspecified atom stereocenters. The second kappa shape index (κ2) is 10.6. The van der Waals surface area contributed by atoms with Crippen molar-refractivity contribution in [3.63, 3.8) is 0 Å². The molecule has 2 aromatic carbocycles. The lowest BCUT2D eigenvalue weighted by Crippen LogP contribution is -2.52. The van der Waals surface area contributed by atoms with Gasteiger partial charge in [-0.25, -0.2) is 4.98 Å². The van der Waals surface area contributed by atoms with Crippen LogP contribution >= 0.6 is 11.3 Å². The van der Waals surface area contributed by atoms with Crippen molar-refractivity contribution in [3.05, 3.63) is 88.3 Å². The van der Waals surface area contributed by atoms with Crippen LogP contribution < -0.4 is 5.56 Å². The molecule has 40 heavy (non-hydrogen) atoms. The van der Waals surface area contributed by atoms with Crippen molar-refractivity contribution in [2.45, 2.75) is 64.0 Å². The van der Waals surface area contributed by atoms with Gasteiger partial charge in [0.15, 0.2) is 0 Å². The summed E-state index contributed by atoms with van der Waals surface area (Å²) in [6, 6.07) is 20.4. The fourth-order valence-electron chi connectivity index (χ4n) is 6.66. The molecule has 2 atom stereocenters. The molecule has 1 aliphatic heterocycles. The van der Waals surface area contributed by atoms with Crippen molar-refractivity contribution in [2.75, 3.05) is 13.1 Å². The third kappa shape index (κ3) is 5.25. The molecule has 1 saturated carbocycles. The van der Waals surface area contributed by atoms with E-state index in [9.17, 15) is 14.7 Å². The Hall–Kier alpha value is -3.29. The molecule has 0 radical (unpaired) electrons. The Morgan fingerprint density at radius 2 is 1.70 bits per heavy atom. The highest BCUT2D eigenvalue weighted by Crippen LogP contribution is 2.47. The smallest absolute Gasteiger partial charge is 0.262 e. The fraction of sp³-hybridized carbons (Fsp3) is 0.424. The number of carbonyl (C=O) groups excluding carboxylic acids is 1. The Morgan fingerprint density at radius 1 is 1.02 bits per heavy atom. The van der Waals surface area contributed by atoms with Gasteiger partial charge in [-0.2, -0.15) is 0 Å². The van der Waals surface area contributed by atoms with Crippen molar-refractivity contribution >= 4 is 28.1 Å². The van der Waals surface area contributed by atoms with Gasteiger partial charge in [-0.3, -0.25) is 14.2 Å². The monoisotopic (exact) mass is 555 g/mol. The number of aromatic nitrogens is 2. The van der Waals surface area contributed by atoms with Gasteiger partial charge in [-0.1, -0.05) is 74.5 Å². The van der Waals surface area contributed by atoms with Crippen LogP contribution in [0.3, 0.4) is 0 Å². The van der Waals surface area contributed by atoms with Gasteiger partial charge in [0.05, 0.1) is 34.3 Å². The molecule has 7 heteroatoms. The highest BCUT2D eigenvalue weighted by Gasteiger charge is 2.43. The second-order valence-electron chi connectivity index (χ2n) is 12.5. The van der Waals surface area contributed by atoms with Gasteiger partial charge in [-0.15, -0.1) is 11.3 Å². The van der Waals surface area contributed by atoms with E-state index in [-0.39, 0.29) is 35.3 Å². The van der Waals surface area contributed by atoms with Gasteiger partial charge in [0.25, 0.3) is 5.56 Å². The Kier molecular flexibility index (Phi) is 7.13. The normalized spacial score (nSPS) is 22.3. The zero-order chi connectivity index (χ0) is 27.9. The molecule has 1 N–H and O–H groups in total. The first-order chi connectivity index (χ1) is 19.2. The van der Waals surface area contributed by atoms with E-state index >= 15 is 0 Å². The summed E-state index contributed by atoms with van der Waals surface area (Å²) in [6.07, 6.45) is 5.37. The van der Waals surface area contributed by atoms with Gasteiger partial charge in [0.2, 0.25) is 5.91 Å². The maximum absolute atomic E-state index is 13.8. The van der Waals surface area contributed by atoms with Crippen molar-refractivity contribution in [3.8, 4) is 10.4 Å². The molecule has 2 aliphatic rings. The van der Waals surface area contributed by atoms with Gasteiger partial charge in [-0.05, 0) is 54.6 Å². The quantitative estimate of drug-likeness (QED) is 0.323. The average Bonchev–Trinajstić information content (AvgIpc) is 3.40. The Balaban J connectivity index is 1.15. The maximum atomic E-state index is 13.8. The lowest BCUT2D eigenvalue weighted by molar-refractivity contribution is -0.142. The zero-order valence-corrected chi connectivity index (χ0v) is 24.1. The second-order valence-corrected chi connectivity index (χ2v) is 13.3. The lowest BCUT2D eigenvalue weighted by atomic mass is 9.64. The number of nitrogens with zero attached hydrogens (tertiary/aromatic N) is 3. The summed E-state index contributed by atoms with van der Waals surface area (Å²) >= 11 is 1.52. The topological polar surface area (TPSA) is 75.4 Å². The minimum Gasteiger partial charge on any atom is -0.388 e. The minimum absolute atomic E-state index is 0.0340. The van der Waals surface area contributed by atoms with E-state index < -0.39 is 5.60 Å². The van der Waals surface area contributed by atoms with E-state index in [1.807, 2.05) is 46.7 Å². The van der Waals surface area contributed by atoms with Crippen LogP contribution in [0, 0.1) is 11.3 Å². The van der Waals surface area contributed by atoms with Crippen LogP contribution in [0.15, 0.2) is 77.2 Å². The van der Waals surface area contributed by atoms with Crippen LogP contribution in [0.2, 0.25) is 0 Å². The number of rotatable bonds is 5. The zero-order valence-electron chi connectivity index (χ0n) is 23.3. The molecule has 0 bridgehead atoms. The van der Waals surface area contributed by atoms with Crippen LogP contribution in [-0.2, 0) is 11.3 Å². The molecular weight excluding hydrogens is 518 g/mol. The van der Waals surface area contributed by atoms with Gasteiger partial charge < -0.3 is 10.0 Å². The van der Waals surface area contributed by atoms with Crippen LogP contribution in [0.5, 0.6) is 0 Å². The molecule has 2 aromatic heterocycles. The van der Waals surface area contributed by atoms with Crippen LogP contribution in [0.4, 0.5) is 0 Å². The van der Waals surface area contributed by atoms with Gasteiger partial charge in [0, 0.05) is 24.4 Å². The molecule has 4 aromatic rings. The van der Waals surface area contributed by atoms with Crippen LogP contribution in [-0.4, -0.2) is 44.2 Å². The first kappa shape index (κ1) is 26.9. The highest BCUT2D eigenvalue weighted by atomic mass is 32.1. The van der Waals surface area contributed by atoms with E-state index in [4.69, 9.17) is 0 Å². The van der Waals surface area contributed by atoms with Crippen molar-refractivity contribution in [1.29, 1.82) is 0 Å². The molecule has 1 saturated heterocycles. The highest BCUT2D eigenvalue weighted by molar-refractivity contribution is 7.15. The predicted octanol–water partition coefficient (Wildman–Crippen LogP) is 6.09. The number of likely N-dealkylation sites (tertiary alicyclic amines) is 1. The summed E-state index contributed by atoms with van der Waals surface area (Å²) in [5, 5.41) is 13.9. The van der Waals surface area contributed by atoms with Crippen molar-refractivity contribution < 1.29 is 9.90 Å². The lowest BCUT2D eigenvalue weighted by Gasteiger charge is -2.44. The first-order valence-electron chi connectivity index (χ1n) is 14.3. The molecule has 208 valence electrons. The van der Waals surface area contributed by atoms with E-state index in [2.05, 4.69) is 43.1 Å². The van der Waals surface area contributed by atoms with Gasteiger partial charge in [0.1, 0.15) is 0 Å². The Labute approximate surface area is 239 Å². The average molecular weight is 556 g/mol. The number of thiophene rings is 1. The summed E-state index contributed by atoms with van der Waals surface area (Å²) in [5.41, 5.74) is 2.01. The fourth-order valence-corrected chi connectivity index (χ4v) is 7.65. The molecule has 6 rings (SSSR count). The number of amides is 1. The first-order valence-corrected chi connectivity index (χ1v) is 15.2. The predicted molar refractivity (Wildman–Crippen MR) is 160 cm³/mol. The van der Waals surface area contributed by atoms with E-state index in [0.717, 1.165) is 29.7 Å². The van der Waals surface area contributed by atoms with Crippen LogP contribution in [0.25, 0.3) is 21.3 Å². The summed E-state index contributed by atoms with van der Waals surface area (Å²) in [5.74, 6) is 0.382. The third-order valence-electron chi connectivity index (χ3n) is 9.02. The molecule has 3 heterocycles. The molecule has 1 aliphatic carbocycles. The number of piperidine rings is 1. The van der Waals surface area contributed by atoms with Crippen LogP contribution in [0.1, 0.15) is 57.4 Å². The molecular formula is C33H37N3O3S. The minimum atomic E-state index is -1.05.